The maximum atomic E-state index is 6.28. The van der Waals surface area contributed by atoms with E-state index in [1.165, 1.54) is 38.5 Å². The van der Waals surface area contributed by atoms with E-state index in [2.05, 4.69) is 0 Å². The molecule has 0 spiro atoms. The Morgan fingerprint density at radius 2 is 1.56 bits per heavy atom. The molecule has 1 aliphatic rings. The minimum absolute atomic E-state index is 0.200. The van der Waals surface area contributed by atoms with Crippen molar-refractivity contribution >= 4 is 23.2 Å². The molecule has 2 N–H and O–H groups in total. The Balaban J connectivity index is 2.23. The molecule has 0 atom stereocenters. The number of halogens is 2. The SMILES string of the molecule is NCC1(Cc2c(Cl)cccc2Cl)CCCCCC1. The zero-order chi connectivity index (χ0) is 13.0. The van der Waals surface area contributed by atoms with Gasteiger partial charge in [0.1, 0.15) is 0 Å². The highest BCUT2D eigenvalue weighted by atomic mass is 35.5. The molecule has 18 heavy (non-hydrogen) atoms. The molecule has 3 heteroatoms. The van der Waals surface area contributed by atoms with E-state index in [1.807, 2.05) is 18.2 Å². The van der Waals surface area contributed by atoms with Gasteiger partial charge in [-0.05, 0) is 48.9 Å². The highest BCUT2D eigenvalue weighted by Crippen LogP contribution is 2.40. The standard InChI is InChI=1S/C15H21Cl2N/c16-13-6-5-7-14(17)12(13)10-15(11-18)8-3-1-2-4-9-15/h5-7H,1-4,8-11,18H2. The third kappa shape index (κ3) is 3.20. The van der Waals surface area contributed by atoms with Crippen molar-refractivity contribution < 1.29 is 0 Å². The molecule has 0 aliphatic heterocycles. The molecule has 0 amide bonds. The van der Waals surface area contributed by atoms with Crippen molar-refractivity contribution in [2.75, 3.05) is 6.54 Å². The van der Waals surface area contributed by atoms with Crippen molar-refractivity contribution in [3.63, 3.8) is 0 Å². The molecular formula is C15H21Cl2N. The first-order chi connectivity index (χ1) is 8.67. The van der Waals surface area contributed by atoms with Gasteiger partial charge in [-0.2, -0.15) is 0 Å². The van der Waals surface area contributed by atoms with Crippen molar-refractivity contribution in [2.45, 2.75) is 44.9 Å². The third-order valence-corrected chi connectivity index (χ3v) is 4.92. The molecule has 100 valence electrons. The fraction of sp³-hybridized carbons (Fsp3) is 0.600. The normalized spacial score (nSPS) is 19.5. The smallest absolute Gasteiger partial charge is 0.0453 e. The van der Waals surface area contributed by atoms with E-state index in [4.69, 9.17) is 28.9 Å². The Labute approximate surface area is 120 Å². The number of hydrogen-bond acceptors (Lipinski definition) is 1. The van der Waals surface area contributed by atoms with Gasteiger partial charge in [0.2, 0.25) is 0 Å². The monoisotopic (exact) mass is 285 g/mol. The largest absolute Gasteiger partial charge is 0.330 e. The van der Waals surface area contributed by atoms with Crippen LogP contribution in [0.4, 0.5) is 0 Å². The Morgan fingerprint density at radius 1 is 1.00 bits per heavy atom. The van der Waals surface area contributed by atoms with Crippen LogP contribution in [0, 0.1) is 5.41 Å². The molecule has 0 saturated heterocycles. The molecule has 1 aromatic rings. The van der Waals surface area contributed by atoms with Gasteiger partial charge in [-0.15, -0.1) is 0 Å². The van der Waals surface area contributed by atoms with Crippen LogP contribution in [0.5, 0.6) is 0 Å². The molecule has 0 aromatic heterocycles. The van der Waals surface area contributed by atoms with E-state index in [1.54, 1.807) is 0 Å². The topological polar surface area (TPSA) is 26.0 Å². The van der Waals surface area contributed by atoms with Crippen LogP contribution in [0.3, 0.4) is 0 Å². The third-order valence-electron chi connectivity index (χ3n) is 4.21. The lowest BCUT2D eigenvalue weighted by atomic mass is 9.75. The molecule has 0 unspecified atom stereocenters. The summed E-state index contributed by atoms with van der Waals surface area (Å²) in [5.41, 5.74) is 7.35. The van der Waals surface area contributed by atoms with E-state index in [0.717, 1.165) is 28.6 Å². The number of benzene rings is 1. The second-order valence-electron chi connectivity index (χ2n) is 5.50. The van der Waals surface area contributed by atoms with Crippen LogP contribution >= 0.6 is 23.2 Å². The van der Waals surface area contributed by atoms with Crippen molar-refractivity contribution in [2.24, 2.45) is 11.1 Å². The van der Waals surface area contributed by atoms with E-state index in [9.17, 15) is 0 Å². The van der Waals surface area contributed by atoms with Gasteiger partial charge in [-0.1, -0.05) is 55.0 Å². The average molecular weight is 286 g/mol. The van der Waals surface area contributed by atoms with E-state index < -0.39 is 0 Å². The average Bonchev–Trinajstić information content (AvgIpc) is 2.60. The van der Waals surface area contributed by atoms with Gasteiger partial charge in [0.15, 0.2) is 0 Å². The first-order valence-corrected chi connectivity index (χ1v) is 7.55. The summed E-state index contributed by atoms with van der Waals surface area (Å²) in [6, 6.07) is 5.74. The Morgan fingerprint density at radius 3 is 2.06 bits per heavy atom. The summed E-state index contributed by atoms with van der Waals surface area (Å²) in [5, 5.41) is 1.55. The quantitative estimate of drug-likeness (QED) is 0.791. The summed E-state index contributed by atoms with van der Waals surface area (Å²) in [6.07, 6.45) is 8.53. The highest BCUT2D eigenvalue weighted by molar-refractivity contribution is 6.36. The predicted molar refractivity (Wildman–Crippen MR) is 79.4 cm³/mol. The Kier molecular flexibility index (Phi) is 4.94. The number of nitrogens with two attached hydrogens (primary N) is 1. The van der Waals surface area contributed by atoms with Gasteiger partial charge in [0.05, 0.1) is 0 Å². The van der Waals surface area contributed by atoms with Crippen LogP contribution in [-0.4, -0.2) is 6.54 Å². The Bertz CT molecular complexity index is 375. The predicted octanol–water partition coefficient (Wildman–Crippen LogP) is 4.84. The summed E-state index contributed by atoms with van der Waals surface area (Å²) in [5.74, 6) is 0. The first kappa shape index (κ1) is 14.2. The molecule has 0 bridgehead atoms. The summed E-state index contributed by atoms with van der Waals surface area (Å²) < 4.78 is 0. The molecule has 1 aromatic carbocycles. The zero-order valence-electron chi connectivity index (χ0n) is 10.7. The van der Waals surface area contributed by atoms with Gasteiger partial charge in [0, 0.05) is 10.0 Å². The maximum absolute atomic E-state index is 6.28. The lowest BCUT2D eigenvalue weighted by molar-refractivity contribution is 0.252. The Hall–Kier alpha value is -0.240. The van der Waals surface area contributed by atoms with E-state index >= 15 is 0 Å². The van der Waals surface area contributed by atoms with Crippen LogP contribution in [-0.2, 0) is 6.42 Å². The van der Waals surface area contributed by atoms with Crippen molar-refractivity contribution in [1.29, 1.82) is 0 Å². The number of rotatable bonds is 3. The molecule has 1 aliphatic carbocycles. The molecule has 1 fully saturated rings. The minimum atomic E-state index is 0.200. The fourth-order valence-electron chi connectivity index (χ4n) is 3.01. The summed E-state index contributed by atoms with van der Waals surface area (Å²) >= 11 is 12.6. The van der Waals surface area contributed by atoms with Gasteiger partial charge >= 0.3 is 0 Å². The molecule has 2 rings (SSSR count). The molecule has 1 nitrogen and oxygen atoms in total. The van der Waals surface area contributed by atoms with Gasteiger partial charge in [0.25, 0.3) is 0 Å². The first-order valence-electron chi connectivity index (χ1n) is 6.80. The summed E-state index contributed by atoms with van der Waals surface area (Å²) in [7, 11) is 0. The lowest BCUT2D eigenvalue weighted by Gasteiger charge is -2.32. The van der Waals surface area contributed by atoms with Crippen molar-refractivity contribution in [1.82, 2.24) is 0 Å². The zero-order valence-corrected chi connectivity index (χ0v) is 12.2. The number of hydrogen-bond donors (Lipinski definition) is 1. The summed E-state index contributed by atoms with van der Waals surface area (Å²) in [4.78, 5) is 0. The van der Waals surface area contributed by atoms with Crippen LogP contribution in [0.1, 0.15) is 44.1 Å². The highest BCUT2D eigenvalue weighted by Gasteiger charge is 2.31. The fourth-order valence-corrected chi connectivity index (χ4v) is 3.54. The summed E-state index contributed by atoms with van der Waals surface area (Å²) in [6.45, 7) is 0.731. The molecule has 0 radical (unpaired) electrons. The van der Waals surface area contributed by atoms with Crippen LogP contribution in [0.2, 0.25) is 10.0 Å². The van der Waals surface area contributed by atoms with Crippen molar-refractivity contribution in [3.8, 4) is 0 Å². The molecular weight excluding hydrogens is 265 g/mol. The van der Waals surface area contributed by atoms with E-state index in [0.29, 0.717) is 0 Å². The van der Waals surface area contributed by atoms with E-state index in [-0.39, 0.29) is 5.41 Å². The van der Waals surface area contributed by atoms with Gasteiger partial charge < -0.3 is 5.73 Å². The van der Waals surface area contributed by atoms with Gasteiger partial charge in [-0.3, -0.25) is 0 Å². The van der Waals surface area contributed by atoms with Crippen LogP contribution < -0.4 is 5.73 Å². The lowest BCUT2D eigenvalue weighted by Crippen LogP contribution is -2.32. The van der Waals surface area contributed by atoms with Crippen LogP contribution in [0.15, 0.2) is 18.2 Å². The van der Waals surface area contributed by atoms with Crippen molar-refractivity contribution in [3.05, 3.63) is 33.8 Å². The van der Waals surface area contributed by atoms with Crippen LogP contribution in [0.25, 0.3) is 0 Å². The second-order valence-corrected chi connectivity index (χ2v) is 6.31. The maximum Gasteiger partial charge on any atom is 0.0453 e. The van der Waals surface area contributed by atoms with Gasteiger partial charge in [-0.25, -0.2) is 0 Å². The second kappa shape index (κ2) is 6.27. The molecule has 1 saturated carbocycles. The molecule has 0 heterocycles. The minimum Gasteiger partial charge on any atom is -0.330 e.